The number of terminal acetylenes is 1. The highest BCUT2D eigenvalue weighted by atomic mass is 15.0. The van der Waals surface area contributed by atoms with Gasteiger partial charge in [-0.15, -0.1) is 6.42 Å². The van der Waals surface area contributed by atoms with E-state index in [4.69, 9.17) is 12.2 Å². The summed E-state index contributed by atoms with van der Waals surface area (Å²) in [6, 6.07) is 0.129. The Morgan fingerprint density at radius 3 is 2.93 bits per heavy atom. The Balaban J connectivity index is 2.61. The molecule has 0 aliphatic heterocycles. The Hall–Kier alpha value is -0.520. The molecule has 3 unspecified atom stereocenters. The van der Waals surface area contributed by atoms with Crippen molar-refractivity contribution in [2.75, 3.05) is 6.54 Å². The predicted octanol–water partition coefficient (Wildman–Crippen LogP) is 1.51. The third-order valence-electron chi connectivity index (χ3n) is 3.25. The minimum Gasteiger partial charge on any atom is -0.329 e. The third-order valence-corrected chi connectivity index (χ3v) is 3.25. The summed E-state index contributed by atoms with van der Waals surface area (Å²) in [7, 11) is 0. The van der Waals surface area contributed by atoms with E-state index in [0.717, 1.165) is 12.3 Å². The maximum atomic E-state index is 5.87. The molecule has 3 N–H and O–H groups in total. The van der Waals surface area contributed by atoms with Gasteiger partial charge in [0.15, 0.2) is 0 Å². The van der Waals surface area contributed by atoms with E-state index in [9.17, 15) is 0 Å². The second kappa shape index (κ2) is 4.82. The number of rotatable bonds is 3. The fourth-order valence-electron chi connectivity index (χ4n) is 2.54. The molecule has 0 aromatic rings. The fourth-order valence-corrected chi connectivity index (χ4v) is 2.54. The van der Waals surface area contributed by atoms with Gasteiger partial charge in [-0.05, 0) is 25.7 Å². The van der Waals surface area contributed by atoms with Crippen LogP contribution in [0.4, 0.5) is 0 Å². The van der Waals surface area contributed by atoms with E-state index in [2.05, 4.69) is 18.2 Å². The highest BCUT2D eigenvalue weighted by Crippen LogP contribution is 2.31. The molecule has 0 amide bonds. The van der Waals surface area contributed by atoms with E-state index in [1.807, 2.05) is 6.92 Å². The van der Waals surface area contributed by atoms with Crippen LogP contribution in [0.2, 0.25) is 0 Å². The lowest BCUT2D eigenvalue weighted by Crippen LogP contribution is -2.56. The van der Waals surface area contributed by atoms with E-state index in [1.165, 1.54) is 19.3 Å². The molecule has 80 valence electrons. The number of nitrogens with two attached hydrogens (primary N) is 1. The van der Waals surface area contributed by atoms with Gasteiger partial charge in [0.1, 0.15) is 0 Å². The van der Waals surface area contributed by atoms with Gasteiger partial charge in [-0.3, -0.25) is 5.32 Å². The topological polar surface area (TPSA) is 38.0 Å². The fraction of sp³-hybridized carbons (Fsp3) is 0.833. The second-order valence-corrected chi connectivity index (χ2v) is 4.72. The summed E-state index contributed by atoms with van der Waals surface area (Å²) in [6.07, 6.45) is 10.3. The van der Waals surface area contributed by atoms with E-state index >= 15 is 0 Å². The smallest absolute Gasteiger partial charge is 0.0663 e. The van der Waals surface area contributed by atoms with Crippen LogP contribution in [0.5, 0.6) is 0 Å². The van der Waals surface area contributed by atoms with Gasteiger partial charge >= 0.3 is 0 Å². The SMILES string of the molecule is C#CC(C)NC1(CN)CCCC(C)C1. The minimum atomic E-state index is 0.101. The first kappa shape index (κ1) is 11.6. The van der Waals surface area contributed by atoms with Crippen LogP contribution in [-0.4, -0.2) is 18.1 Å². The molecule has 0 radical (unpaired) electrons. The number of hydrogen-bond acceptors (Lipinski definition) is 2. The first-order valence-electron chi connectivity index (χ1n) is 5.56. The minimum absolute atomic E-state index is 0.101. The Morgan fingerprint density at radius 1 is 1.71 bits per heavy atom. The van der Waals surface area contributed by atoms with Crippen molar-refractivity contribution in [1.29, 1.82) is 0 Å². The Morgan fingerprint density at radius 2 is 2.43 bits per heavy atom. The van der Waals surface area contributed by atoms with E-state index < -0.39 is 0 Å². The van der Waals surface area contributed by atoms with Crippen molar-refractivity contribution in [2.24, 2.45) is 11.7 Å². The highest BCUT2D eigenvalue weighted by molar-refractivity contribution is 5.03. The quantitative estimate of drug-likeness (QED) is 0.668. The Kier molecular flexibility index (Phi) is 3.97. The molecule has 14 heavy (non-hydrogen) atoms. The average molecular weight is 194 g/mol. The number of hydrogen-bond donors (Lipinski definition) is 2. The molecular weight excluding hydrogens is 172 g/mol. The molecule has 0 spiro atoms. The number of nitrogens with one attached hydrogen (secondary N) is 1. The van der Waals surface area contributed by atoms with E-state index in [1.54, 1.807) is 0 Å². The van der Waals surface area contributed by atoms with Crippen molar-refractivity contribution in [1.82, 2.24) is 5.32 Å². The van der Waals surface area contributed by atoms with Gasteiger partial charge in [0.25, 0.3) is 0 Å². The molecule has 0 saturated heterocycles. The van der Waals surface area contributed by atoms with Crippen LogP contribution in [0.3, 0.4) is 0 Å². The summed E-state index contributed by atoms with van der Waals surface area (Å²) in [5, 5.41) is 3.50. The molecule has 1 saturated carbocycles. The summed E-state index contributed by atoms with van der Waals surface area (Å²) >= 11 is 0. The summed E-state index contributed by atoms with van der Waals surface area (Å²) in [4.78, 5) is 0. The van der Waals surface area contributed by atoms with Crippen LogP contribution in [0, 0.1) is 18.3 Å². The maximum Gasteiger partial charge on any atom is 0.0663 e. The standard InChI is InChI=1S/C12H22N2/c1-4-11(3)14-12(9-13)7-5-6-10(2)8-12/h1,10-11,14H,5-9,13H2,2-3H3. The average Bonchev–Trinajstić information content (AvgIpc) is 2.17. The van der Waals surface area contributed by atoms with Gasteiger partial charge in [-0.2, -0.15) is 0 Å². The molecule has 0 aromatic carbocycles. The second-order valence-electron chi connectivity index (χ2n) is 4.72. The summed E-state index contributed by atoms with van der Waals surface area (Å²) in [5.74, 6) is 3.49. The van der Waals surface area contributed by atoms with Crippen LogP contribution in [-0.2, 0) is 0 Å². The first-order chi connectivity index (χ1) is 6.62. The Labute approximate surface area is 87.6 Å². The molecule has 3 atom stereocenters. The van der Waals surface area contributed by atoms with Crippen LogP contribution < -0.4 is 11.1 Å². The van der Waals surface area contributed by atoms with Crippen molar-refractivity contribution in [3.63, 3.8) is 0 Å². The van der Waals surface area contributed by atoms with Crippen LogP contribution in [0.15, 0.2) is 0 Å². The third kappa shape index (κ3) is 2.73. The zero-order valence-electron chi connectivity index (χ0n) is 9.34. The van der Waals surface area contributed by atoms with Crippen LogP contribution in [0.25, 0.3) is 0 Å². The molecule has 0 aromatic heterocycles. The molecule has 1 rings (SSSR count). The van der Waals surface area contributed by atoms with Gasteiger partial charge < -0.3 is 5.73 Å². The maximum absolute atomic E-state index is 5.87. The molecule has 0 bridgehead atoms. The van der Waals surface area contributed by atoms with Crippen molar-refractivity contribution in [3.05, 3.63) is 0 Å². The molecule has 0 heterocycles. The molecule has 1 aliphatic rings. The zero-order valence-corrected chi connectivity index (χ0v) is 9.34. The lowest BCUT2D eigenvalue weighted by Gasteiger charge is -2.41. The van der Waals surface area contributed by atoms with Gasteiger partial charge in [0.05, 0.1) is 6.04 Å². The molecule has 2 nitrogen and oxygen atoms in total. The van der Waals surface area contributed by atoms with Gasteiger partial charge in [0, 0.05) is 12.1 Å². The van der Waals surface area contributed by atoms with Crippen LogP contribution in [0.1, 0.15) is 39.5 Å². The van der Waals surface area contributed by atoms with Gasteiger partial charge in [-0.25, -0.2) is 0 Å². The lowest BCUT2D eigenvalue weighted by atomic mass is 9.76. The molecular formula is C12H22N2. The summed E-state index contributed by atoms with van der Waals surface area (Å²) in [5.41, 5.74) is 5.97. The normalized spacial score (nSPS) is 34.9. The van der Waals surface area contributed by atoms with Gasteiger partial charge in [-0.1, -0.05) is 25.7 Å². The monoisotopic (exact) mass is 194 g/mol. The molecule has 1 aliphatic carbocycles. The lowest BCUT2D eigenvalue weighted by molar-refractivity contribution is 0.188. The molecule has 1 fully saturated rings. The predicted molar refractivity (Wildman–Crippen MR) is 60.8 cm³/mol. The largest absolute Gasteiger partial charge is 0.329 e. The van der Waals surface area contributed by atoms with Crippen molar-refractivity contribution in [3.8, 4) is 12.3 Å². The Bertz CT molecular complexity index is 219. The zero-order chi connectivity index (χ0) is 10.6. The van der Waals surface area contributed by atoms with Crippen molar-refractivity contribution < 1.29 is 0 Å². The summed E-state index contributed by atoms with van der Waals surface area (Å²) in [6.45, 7) is 5.02. The van der Waals surface area contributed by atoms with Gasteiger partial charge in [0.2, 0.25) is 0 Å². The van der Waals surface area contributed by atoms with Crippen LogP contribution >= 0.6 is 0 Å². The van der Waals surface area contributed by atoms with Crippen molar-refractivity contribution in [2.45, 2.75) is 51.1 Å². The first-order valence-corrected chi connectivity index (χ1v) is 5.56. The van der Waals surface area contributed by atoms with E-state index in [-0.39, 0.29) is 11.6 Å². The van der Waals surface area contributed by atoms with Crippen molar-refractivity contribution >= 4 is 0 Å². The van der Waals surface area contributed by atoms with E-state index in [0.29, 0.717) is 6.54 Å². The summed E-state index contributed by atoms with van der Waals surface area (Å²) < 4.78 is 0. The highest BCUT2D eigenvalue weighted by Gasteiger charge is 2.34. The molecule has 2 heteroatoms.